The van der Waals surface area contributed by atoms with Crippen molar-refractivity contribution in [3.63, 3.8) is 0 Å². The van der Waals surface area contributed by atoms with Crippen LogP contribution in [0.4, 0.5) is 0 Å². The molecule has 1 unspecified atom stereocenters. The Kier molecular flexibility index (Phi) is 4.96. The molecule has 1 atom stereocenters. The second-order valence-corrected chi connectivity index (χ2v) is 8.69. The van der Waals surface area contributed by atoms with Crippen molar-refractivity contribution in [1.29, 1.82) is 0 Å². The van der Waals surface area contributed by atoms with Crippen LogP contribution < -0.4 is 5.32 Å². The van der Waals surface area contributed by atoms with Crippen LogP contribution in [0.2, 0.25) is 0 Å². The van der Waals surface area contributed by atoms with Gasteiger partial charge >= 0.3 is 0 Å². The number of nitrogens with one attached hydrogen (secondary N) is 1. The number of ether oxygens (including phenoxy) is 1. The summed E-state index contributed by atoms with van der Waals surface area (Å²) in [5.41, 5.74) is 1.05. The number of hydrogen-bond acceptors (Lipinski definition) is 4. The smallest absolute Gasteiger partial charge is 0.198 e. The highest BCUT2D eigenvalue weighted by molar-refractivity contribution is 6.34. The van der Waals surface area contributed by atoms with Gasteiger partial charge in [0.15, 0.2) is 5.78 Å². The Hall–Kier alpha value is -1.75. The van der Waals surface area contributed by atoms with Gasteiger partial charge in [-0.05, 0) is 63.5 Å². The summed E-state index contributed by atoms with van der Waals surface area (Å²) in [7, 11) is 0. The van der Waals surface area contributed by atoms with Crippen LogP contribution in [0.3, 0.4) is 0 Å². The third kappa shape index (κ3) is 3.54. The fraction of sp³-hybridized carbons (Fsp3) is 0.381. The Labute approximate surface area is 169 Å². The fourth-order valence-electron chi connectivity index (χ4n) is 3.47. The molecule has 27 heavy (non-hydrogen) atoms. The predicted octanol–water partition coefficient (Wildman–Crippen LogP) is 5.05. The summed E-state index contributed by atoms with van der Waals surface area (Å²) in [5, 5.41) is 14.2. The molecule has 1 aromatic carbocycles. The molecule has 3 rings (SSSR count). The number of carbonyl (C=O) groups is 1. The van der Waals surface area contributed by atoms with Gasteiger partial charge in [-0.25, -0.2) is 0 Å². The molecule has 2 heterocycles. The normalized spacial score (nSPS) is 24.3. The molecule has 2 aliphatic heterocycles. The minimum Gasteiger partial charge on any atom is -0.508 e. The summed E-state index contributed by atoms with van der Waals surface area (Å²) < 4.78 is 5.83. The Bertz CT molecular complexity index is 910. The average Bonchev–Trinajstić information content (AvgIpc) is 2.55. The second-order valence-electron chi connectivity index (χ2n) is 7.84. The van der Waals surface area contributed by atoms with Gasteiger partial charge in [0.2, 0.25) is 0 Å². The predicted molar refractivity (Wildman–Crippen MR) is 110 cm³/mol. The van der Waals surface area contributed by atoms with Gasteiger partial charge in [0.25, 0.3) is 0 Å². The molecular formula is C21H23Cl2NO3. The number of carbonyl (C=O) groups excluding carboxylic acids is 1. The number of alkyl halides is 1. The van der Waals surface area contributed by atoms with Crippen molar-refractivity contribution >= 4 is 40.1 Å². The van der Waals surface area contributed by atoms with Gasteiger partial charge in [0.1, 0.15) is 27.6 Å². The Balaban J connectivity index is 2.19. The van der Waals surface area contributed by atoms with E-state index < -0.39 is 11.2 Å². The lowest BCUT2D eigenvalue weighted by Crippen LogP contribution is -2.49. The molecule has 1 aromatic rings. The number of dihydropyridines is 1. The SMILES string of the molecule is Cc1ccc(C2=C(Cl)NC(Cl)C=C2)cc1C1=C(O)C(C)(C)OC(C)(C)C1=O. The average molecular weight is 408 g/mol. The Morgan fingerprint density at radius 1 is 1.19 bits per heavy atom. The van der Waals surface area contributed by atoms with E-state index in [2.05, 4.69) is 5.32 Å². The van der Waals surface area contributed by atoms with Gasteiger partial charge in [-0.15, -0.1) is 0 Å². The zero-order valence-electron chi connectivity index (χ0n) is 16.0. The van der Waals surface area contributed by atoms with Crippen LogP contribution in [0.25, 0.3) is 11.1 Å². The van der Waals surface area contributed by atoms with Crippen molar-refractivity contribution in [2.45, 2.75) is 51.3 Å². The van der Waals surface area contributed by atoms with Crippen molar-refractivity contribution in [2.24, 2.45) is 0 Å². The maximum absolute atomic E-state index is 13.1. The molecule has 0 bridgehead atoms. The van der Waals surface area contributed by atoms with Crippen LogP contribution in [0.5, 0.6) is 0 Å². The van der Waals surface area contributed by atoms with Crippen LogP contribution >= 0.6 is 23.2 Å². The van der Waals surface area contributed by atoms with Gasteiger partial charge in [-0.3, -0.25) is 4.79 Å². The molecule has 0 saturated heterocycles. The number of hydrogen-bond donors (Lipinski definition) is 2. The molecule has 4 nitrogen and oxygen atoms in total. The van der Waals surface area contributed by atoms with Crippen LogP contribution in [-0.4, -0.2) is 27.6 Å². The number of aryl methyl sites for hydroxylation is 1. The Morgan fingerprint density at radius 2 is 1.85 bits per heavy atom. The highest BCUT2D eigenvalue weighted by Crippen LogP contribution is 2.41. The maximum atomic E-state index is 13.1. The molecule has 0 aliphatic carbocycles. The van der Waals surface area contributed by atoms with E-state index in [1.165, 1.54) is 0 Å². The van der Waals surface area contributed by atoms with Crippen molar-refractivity contribution in [3.05, 3.63) is 58.0 Å². The topological polar surface area (TPSA) is 58.6 Å². The minimum absolute atomic E-state index is 0.0646. The first-order chi connectivity index (χ1) is 12.4. The van der Waals surface area contributed by atoms with Crippen LogP contribution in [-0.2, 0) is 9.53 Å². The van der Waals surface area contributed by atoms with E-state index in [0.29, 0.717) is 10.7 Å². The van der Waals surface area contributed by atoms with Crippen LogP contribution in [0.1, 0.15) is 44.4 Å². The van der Waals surface area contributed by atoms with E-state index in [-0.39, 0.29) is 22.6 Å². The zero-order valence-corrected chi connectivity index (χ0v) is 17.5. The van der Waals surface area contributed by atoms with E-state index in [0.717, 1.165) is 16.7 Å². The second kappa shape index (κ2) is 6.69. The van der Waals surface area contributed by atoms with E-state index >= 15 is 0 Å². The lowest BCUT2D eigenvalue weighted by Gasteiger charge is -2.40. The van der Waals surface area contributed by atoms with E-state index in [1.54, 1.807) is 33.8 Å². The number of benzene rings is 1. The molecule has 144 valence electrons. The molecule has 0 aromatic heterocycles. The summed E-state index contributed by atoms with van der Waals surface area (Å²) in [6, 6.07) is 5.70. The monoisotopic (exact) mass is 407 g/mol. The van der Waals surface area contributed by atoms with Crippen molar-refractivity contribution in [3.8, 4) is 0 Å². The largest absolute Gasteiger partial charge is 0.508 e. The molecule has 0 amide bonds. The fourth-order valence-corrected chi connectivity index (χ4v) is 4.00. The number of halogens is 2. The number of rotatable bonds is 2. The lowest BCUT2D eigenvalue weighted by atomic mass is 9.81. The molecular weight excluding hydrogens is 385 g/mol. The van der Waals surface area contributed by atoms with Crippen molar-refractivity contribution in [2.75, 3.05) is 0 Å². The molecule has 0 spiro atoms. The third-order valence-corrected chi connectivity index (χ3v) is 5.41. The molecule has 6 heteroatoms. The van der Waals surface area contributed by atoms with Gasteiger partial charge < -0.3 is 15.2 Å². The van der Waals surface area contributed by atoms with Crippen molar-refractivity contribution < 1.29 is 14.6 Å². The van der Waals surface area contributed by atoms with Crippen molar-refractivity contribution in [1.82, 2.24) is 5.32 Å². The maximum Gasteiger partial charge on any atom is 0.198 e. The number of aliphatic hydroxyl groups is 1. The highest BCUT2D eigenvalue weighted by Gasteiger charge is 2.47. The first kappa shape index (κ1) is 20.0. The van der Waals surface area contributed by atoms with Gasteiger partial charge in [-0.2, -0.15) is 0 Å². The molecule has 0 saturated carbocycles. The number of ketones is 1. The minimum atomic E-state index is -1.04. The Morgan fingerprint density at radius 3 is 2.48 bits per heavy atom. The van der Waals surface area contributed by atoms with E-state index in [4.69, 9.17) is 27.9 Å². The highest BCUT2D eigenvalue weighted by atomic mass is 35.5. The first-order valence-corrected chi connectivity index (χ1v) is 9.54. The molecule has 2 aliphatic rings. The zero-order chi connectivity index (χ0) is 20.1. The number of Topliss-reactive ketones (excluding diaryl/α,β-unsaturated/α-hetero) is 1. The van der Waals surface area contributed by atoms with E-state index in [1.807, 2.05) is 31.2 Å². The summed E-state index contributed by atoms with van der Waals surface area (Å²) in [5.74, 6) is -0.317. The molecule has 2 N–H and O–H groups in total. The standard InChI is InChI=1S/C21H23Cl2NO3/c1-11-6-7-12(13-8-9-15(22)24-19(13)23)10-14(11)16-17(25)20(2,3)27-21(4,5)18(16)26/h6-10,15,24-25H,1-5H3. The van der Waals surface area contributed by atoms with Gasteiger partial charge in [0, 0.05) is 5.57 Å². The number of allylic oxidation sites excluding steroid dienone is 2. The van der Waals surface area contributed by atoms with Crippen LogP contribution in [0, 0.1) is 6.92 Å². The summed E-state index contributed by atoms with van der Waals surface area (Å²) in [4.78, 5) is 13.1. The molecule has 0 fully saturated rings. The van der Waals surface area contributed by atoms with E-state index in [9.17, 15) is 9.90 Å². The van der Waals surface area contributed by atoms with Gasteiger partial charge in [-0.1, -0.05) is 41.4 Å². The quantitative estimate of drug-likeness (QED) is 0.531. The summed E-state index contributed by atoms with van der Waals surface area (Å²) in [6.07, 6.45) is 3.64. The summed E-state index contributed by atoms with van der Waals surface area (Å²) in [6.45, 7) is 8.85. The lowest BCUT2D eigenvalue weighted by molar-refractivity contribution is -0.158. The summed E-state index contributed by atoms with van der Waals surface area (Å²) >= 11 is 12.4. The third-order valence-electron chi connectivity index (χ3n) is 4.84. The number of aliphatic hydroxyl groups excluding tert-OH is 1. The first-order valence-electron chi connectivity index (χ1n) is 8.73. The van der Waals surface area contributed by atoms with Gasteiger partial charge in [0.05, 0.1) is 5.57 Å². The molecule has 0 radical (unpaired) electrons. The van der Waals surface area contributed by atoms with Crippen LogP contribution in [0.15, 0.2) is 41.3 Å².